The molecular weight excluding hydrogens is 837 g/mol. The Labute approximate surface area is 406 Å². The maximum absolute atomic E-state index is 6.49. The lowest BCUT2D eigenvalue weighted by atomic mass is 9.78. The molecule has 69 heavy (non-hydrogen) atoms. The Morgan fingerprint density at radius 3 is 1.81 bits per heavy atom. The summed E-state index contributed by atoms with van der Waals surface area (Å²) in [6.07, 6.45) is 8.71. The summed E-state index contributed by atoms with van der Waals surface area (Å²) in [4.78, 5) is 2.54. The number of rotatable bonds is 7. The van der Waals surface area contributed by atoms with Gasteiger partial charge in [0.05, 0.1) is 28.1 Å². The largest absolute Gasteiger partial charge is 0.485 e. The number of nitrogens with zero attached hydrogens (tertiary/aromatic N) is 2. The number of hydrogen-bond acceptors (Lipinski definition) is 2. The molecule has 336 valence electrons. The van der Waals surface area contributed by atoms with E-state index in [0.29, 0.717) is 0 Å². The van der Waals surface area contributed by atoms with Crippen molar-refractivity contribution in [3.8, 4) is 44.8 Å². The SMILES string of the molecule is CC(C)(C)c1cc(-c2cccc3cccc(-c4ccccc4N(c4ccccc4-c4ccc5c(c4)C4C=CC=CC4O5)c4cccc5c6ccccc6n(-c6ccccc6)c45)c23)cc(C(C)(C)C)c1. The van der Waals surface area contributed by atoms with Crippen LogP contribution in [0.3, 0.4) is 0 Å². The fourth-order valence-electron chi connectivity index (χ4n) is 10.9. The molecule has 0 fully saturated rings. The minimum absolute atomic E-state index is 0.0120. The maximum atomic E-state index is 6.49. The molecule has 0 N–H and O–H groups in total. The third kappa shape index (κ3) is 7.27. The number of aromatic nitrogens is 1. The molecule has 1 aromatic heterocycles. The second-order valence-corrected chi connectivity index (χ2v) is 20.9. The average molecular weight is 893 g/mol. The zero-order valence-electron chi connectivity index (χ0n) is 40.2. The Hall–Kier alpha value is -7.88. The van der Waals surface area contributed by atoms with Gasteiger partial charge >= 0.3 is 0 Å². The summed E-state index contributed by atoms with van der Waals surface area (Å²) in [5.74, 6) is 1.13. The van der Waals surface area contributed by atoms with E-state index in [2.05, 4.69) is 269 Å². The third-order valence-electron chi connectivity index (χ3n) is 14.4. The molecule has 3 heteroatoms. The molecule has 2 aliphatic rings. The molecule has 0 amide bonds. The van der Waals surface area contributed by atoms with Gasteiger partial charge in [-0.1, -0.05) is 205 Å². The lowest BCUT2D eigenvalue weighted by molar-refractivity contribution is 0.269. The Bertz CT molecular complexity index is 3650. The number of fused-ring (bicyclic) bond motifs is 7. The van der Waals surface area contributed by atoms with Gasteiger partial charge in [-0.25, -0.2) is 0 Å². The molecule has 3 nitrogen and oxygen atoms in total. The van der Waals surface area contributed by atoms with Crippen LogP contribution in [0.4, 0.5) is 17.1 Å². The zero-order valence-corrected chi connectivity index (χ0v) is 40.2. The van der Waals surface area contributed by atoms with Crippen LogP contribution in [0.2, 0.25) is 0 Å². The van der Waals surface area contributed by atoms with Crippen LogP contribution >= 0.6 is 0 Å². The fourth-order valence-corrected chi connectivity index (χ4v) is 10.9. The Morgan fingerprint density at radius 1 is 0.464 bits per heavy atom. The van der Waals surface area contributed by atoms with Crippen molar-refractivity contribution in [3.05, 3.63) is 235 Å². The topological polar surface area (TPSA) is 17.4 Å². The van der Waals surface area contributed by atoms with Crippen LogP contribution in [0.5, 0.6) is 5.75 Å². The first kappa shape index (κ1) is 42.5. The van der Waals surface area contributed by atoms with Crippen molar-refractivity contribution in [3.63, 3.8) is 0 Å². The highest BCUT2D eigenvalue weighted by Gasteiger charge is 2.33. The van der Waals surface area contributed by atoms with Gasteiger partial charge in [-0.2, -0.15) is 0 Å². The highest BCUT2D eigenvalue weighted by atomic mass is 16.5. The molecule has 1 aliphatic carbocycles. The molecule has 0 saturated heterocycles. The number of ether oxygens (including phenoxy) is 1. The summed E-state index contributed by atoms with van der Waals surface area (Å²) in [6.45, 7) is 13.9. The van der Waals surface area contributed by atoms with Crippen LogP contribution in [0.15, 0.2) is 218 Å². The van der Waals surface area contributed by atoms with Crippen LogP contribution in [0.25, 0.3) is 71.6 Å². The van der Waals surface area contributed by atoms with Crippen molar-refractivity contribution in [2.75, 3.05) is 4.90 Å². The Kier molecular flexibility index (Phi) is 10.1. The summed E-state index contributed by atoms with van der Waals surface area (Å²) >= 11 is 0. The van der Waals surface area contributed by atoms with Crippen molar-refractivity contribution in [2.45, 2.75) is 64.4 Å². The number of allylic oxidation sites excluding steroid dienone is 2. The van der Waals surface area contributed by atoms with Gasteiger partial charge in [0.2, 0.25) is 0 Å². The number of para-hydroxylation sites is 5. The Morgan fingerprint density at radius 2 is 1.06 bits per heavy atom. The van der Waals surface area contributed by atoms with E-state index >= 15 is 0 Å². The lowest BCUT2D eigenvalue weighted by Crippen LogP contribution is -2.16. The summed E-state index contributed by atoms with van der Waals surface area (Å²) in [5.41, 5.74) is 17.7. The summed E-state index contributed by atoms with van der Waals surface area (Å²) in [6, 6.07) is 72.2. The van der Waals surface area contributed by atoms with E-state index in [1.807, 2.05) is 0 Å². The normalized spacial score (nSPS) is 15.4. The Balaban J connectivity index is 1.15. The van der Waals surface area contributed by atoms with Gasteiger partial charge in [-0.15, -0.1) is 0 Å². The fraction of sp³-hybridized carbons (Fsp3) is 0.152. The second-order valence-electron chi connectivity index (χ2n) is 20.9. The van der Waals surface area contributed by atoms with Crippen molar-refractivity contribution >= 4 is 49.6 Å². The van der Waals surface area contributed by atoms with E-state index in [4.69, 9.17) is 4.74 Å². The molecule has 10 aromatic rings. The molecule has 2 heterocycles. The predicted octanol–water partition coefficient (Wildman–Crippen LogP) is 18.0. The molecule has 9 aromatic carbocycles. The van der Waals surface area contributed by atoms with E-state index in [9.17, 15) is 0 Å². The highest BCUT2D eigenvalue weighted by molar-refractivity contribution is 6.16. The van der Waals surface area contributed by atoms with E-state index in [-0.39, 0.29) is 22.9 Å². The summed E-state index contributed by atoms with van der Waals surface area (Å²) in [7, 11) is 0. The summed E-state index contributed by atoms with van der Waals surface area (Å²) in [5, 5.41) is 4.87. The van der Waals surface area contributed by atoms with Crippen LogP contribution in [-0.4, -0.2) is 10.7 Å². The maximum Gasteiger partial charge on any atom is 0.128 e. The summed E-state index contributed by atoms with van der Waals surface area (Å²) < 4.78 is 8.94. The molecule has 0 spiro atoms. The van der Waals surface area contributed by atoms with Gasteiger partial charge in [-0.3, -0.25) is 0 Å². The second kappa shape index (κ2) is 16.4. The quantitative estimate of drug-likeness (QED) is 0.159. The van der Waals surface area contributed by atoms with Gasteiger partial charge in [0.25, 0.3) is 0 Å². The standard InChI is InChI=1S/C66H56N2O/c1-65(2,3)46-39-45(40-47(42-46)66(4,5)6)50-29-18-21-43-22-19-30-54(63(43)50)51-26-11-16-34-59(51)68(57-32-14-10-25-49(57)44-37-38-62-56(41-44)53-28-13-17-36-61(53)69-62)60-35-20-31-55-52-27-12-15-33-58(52)67(64(55)60)48-23-8-7-9-24-48/h7-42,53,61H,1-6H3. The number of benzene rings is 9. The van der Waals surface area contributed by atoms with Crippen LogP contribution in [-0.2, 0) is 10.8 Å². The van der Waals surface area contributed by atoms with Gasteiger partial charge < -0.3 is 14.2 Å². The van der Waals surface area contributed by atoms with Crippen LogP contribution in [0.1, 0.15) is 64.2 Å². The first-order chi connectivity index (χ1) is 33.5. The van der Waals surface area contributed by atoms with Gasteiger partial charge in [-0.05, 0) is 110 Å². The minimum Gasteiger partial charge on any atom is -0.485 e. The van der Waals surface area contributed by atoms with E-state index < -0.39 is 0 Å². The van der Waals surface area contributed by atoms with Crippen molar-refractivity contribution in [1.29, 1.82) is 0 Å². The number of anilines is 3. The molecule has 0 radical (unpaired) electrons. The van der Waals surface area contributed by atoms with Crippen LogP contribution in [0, 0.1) is 0 Å². The van der Waals surface area contributed by atoms with Crippen LogP contribution < -0.4 is 9.64 Å². The van der Waals surface area contributed by atoms with E-state index in [1.165, 1.54) is 60.4 Å². The molecule has 12 rings (SSSR count). The molecule has 0 saturated carbocycles. The average Bonchev–Trinajstić information content (AvgIpc) is 3.92. The van der Waals surface area contributed by atoms with E-state index in [0.717, 1.165) is 50.7 Å². The molecule has 2 atom stereocenters. The highest BCUT2D eigenvalue weighted by Crippen LogP contribution is 2.51. The first-order valence-corrected chi connectivity index (χ1v) is 24.4. The van der Waals surface area contributed by atoms with Crippen molar-refractivity contribution in [2.24, 2.45) is 0 Å². The smallest absolute Gasteiger partial charge is 0.128 e. The van der Waals surface area contributed by atoms with Gasteiger partial charge in [0, 0.05) is 39.1 Å². The van der Waals surface area contributed by atoms with Crippen molar-refractivity contribution in [1.82, 2.24) is 4.57 Å². The molecule has 2 unspecified atom stereocenters. The zero-order chi connectivity index (χ0) is 47.0. The molecule has 0 bridgehead atoms. The minimum atomic E-state index is -0.0229. The van der Waals surface area contributed by atoms with Gasteiger partial charge in [0.1, 0.15) is 11.9 Å². The van der Waals surface area contributed by atoms with E-state index in [1.54, 1.807) is 0 Å². The monoisotopic (exact) mass is 892 g/mol. The number of hydrogen-bond donors (Lipinski definition) is 0. The third-order valence-corrected chi connectivity index (χ3v) is 14.4. The van der Waals surface area contributed by atoms with Crippen molar-refractivity contribution < 1.29 is 4.74 Å². The predicted molar refractivity (Wildman–Crippen MR) is 292 cm³/mol. The first-order valence-electron chi connectivity index (χ1n) is 24.4. The molecular formula is C66H56N2O. The van der Waals surface area contributed by atoms with Gasteiger partial charge in [0.15, 0.2) is 0 Å². The lowest BCUT2D eigenvalue weighted by Gasteiger charge is -2.31. The molecule has 1 aliphatic heterocycles.